The van der Waals surface area contributed by atoms with E-state index in [-0.39, 0.29) is 17.5 Å². The summed E-state index contributed by atoms with van der Waals surface area (Å²) >= 11 is 1.31. The molecule has 0 aliphatic rings. The van der Waals surface area contributed by atoms with E-state index >= 15 is 0 Å². The molecule has 20 heavy (non-hydrogen) atoms. The fourth-order valence-corrected chi connectivity index (χ4v) is 6.79. The third kappa shape index (κ3) is 6.01. The van der Waals surface area contributed by atoms with E-state index in [2.05, 4.69) is 19.1 Å². The molecule has 0 amide bonds. The average molecular weight is 316 g/mol. The number of rotatable bonds is 8. The lowest BCUT2D eigenvalue weighted by Crippen LogP contribution is -2.07. The van der Waals surface area contributed by atoms with Crippen molar-refractivity contribution in [2.75, 3.05) is 0 Å². The highest BCUT2D eigenvalue weighted by Gasteiger charge is 2.32. The Hall–Kier alpha value is -0.280. The first-order valence-corrected chi connectivity index (χ1v) is 10.1. The fourth-order valence-electron chi connectivity index (χ4n) is 1.79. The second kappa shape index (κ2) is 8.23. The van der Waals surface area contributed by atoms with Gasteiger partial charge in [0, 0.05) is 5.25 Å². The van der Waals surface area contributed by atoms with Crippen LogP contribution in [0.5, 0.6) is 0 Å². The van der Waals surface area contributed by atoms with E-state index < -0.39 is 6.80 Å². The molecule has 0 radical (unpaired) electrons. The molecule has 1 unspecified atom stereocenters. The van der Waals surface area contributed by atoms with E-state index in [1.807, 2.05) is 45.9 Å². The zero-order chi connectivity index (χ0) is 15.2. The van der Waals surface area contributed by atoms with Crippen molar-refractivity contribution in [3.63, 3.8) is 0 Å². The maximum absolute atomic E-state index is 12.9. The van der Waals surface area contributed by atoms with Gasteiger partial charge in [-0.3, -0.25) is 9.05 Å². The first kappa shape index (κ1) is 17.8. The number of benzene rings is 1. The summed E-state index contributed by atoms with van der Waals surface area (Å²) in [7, 11) is 0. The molecule has 0 aromatic heterocycles. The molecule has 0 heterocycles. The van der Waals surface area contributed by atoms with Crippen LogP contribution in [-0.2, 0) is 13.6 Å². The maximum atomic E-state index is 12.9. The van der Waals surface area contributed by atoms with Crippen molar-refractivity contribution in [2.24, 2.45) is 0 Å². The van der Waals surface area contributed by atoms with Gasteiger partial charge in [-0.05, 0) is 51.1 Å². The smallest absolute Gasteiger partial charge is 0.298 e. The van der Waals surface area contributed by atoms with E-state index in [1.54, 1.807) is 0 Å². The normalized spacial score (nSPS) is 13.9. The Morgan fingerprint density at radius 1 is 1.05 bits per heavy atom. The summed E-state index contributed by atoms with van der Waals surface area (Å²) in [5.74, 6) is 0. The summed E-state index contributed by atoms with van der Waals surface area (Å²) in [6.45, 7) is 6.43. The number of hydrogen-bond acceptors (Lipinski definition) is 4. The van der Waals surface area contributed by atoms with Crippen LogP contribution in [0.2, 0.25) is 0 Å². The molecule has 0 aliphatic carbocycles. The zero-order valence-electron chi connectivity index (χ0n) is 12.9. The van der Waals surface area contributed by atoms with E-state index in [0.29, 0.717) is 0 Å². The Balaban J connectivity index is 2.89. The first-order chi connectivity index (χ1) is 9.36. The highest BCUT2D eigenvalue weighted by molar-refractivity contribution is 8.55. The molecule has 114 valence electrons. The average Bonchev–Trinajstić information content (AvgIpc) is 2.35. The van der Waals surface area contributed by atoms with E-state index in [9.17, 15) is 4.57 Å². The minimum atomic E-state index is -3.15. The minimum Gasteiger partial charge on any atom is -0.298 e. The van der Waals surface area contributed by atoms with Crippen molar-refractivity contribution in [3.05, 3.63) is 35.9 Å². The molecule has 0 fully saturated rings. The molecule has 0 bridgehead atoms. The molecule has 0 saturated heterocycles. The lowest BCUT2D eigenvalue weighted by Gasteiger charge is -2.25. The Morgan fingerprint density at radius 3 is 1.95 bits per heavy atom. The second-order valence-corrected chi connectivity index (χ2v) is 9.24. The van der Waals surface area contributed by atoms with Gasteiger partial charge in [-0.2, -0.15) is 0 Å². The van der Waals surface area contributed by atoms with E-state index in [1.165, 1.54) is 11.4 Å². The van der Waals surface area contributed by atoms with Gasteiger partial charge in [0.2, 0.25) is 0 Å². The van der Waals surface area contributed by atoms with Crippen LogP contribution in [0.4, 0.5) is 0 Å². The summed E-state index contributed by atoms with van der Waals surface area (Å²) in [5.41, 5.74) is 1.15. The molecule has 0 N–H and O–H groups in total. The van der Waals surface area contributed by atoms with Crippen LogP contribution in [0, 0.1) is 0 Å². The van der Waals surface area contributed by atoms with Gasteiger partial charge in [0.05, 0.1) is 12.2 Å². The van der Waals surface area contributed by atoms with Crippen molar-refractivity contribution in [1.82, 2.24) is 0 Å². The maximum Gasteiger partial charge on any atom is 0.390 e. The molecule has 1 aromatic carbocycles. The standard InChI is InChI=1S/C15H25O3PS/c1-6-15(14-10-8-7-9-11-14)20-19(16,17-12(2)3)18-13(4)5/h7-13,15H,6H2,1-5H3. The van der Waals surface area contributed by atoms with Crippen LogP contribution in [0.3, 0.4) is 0 Å². The molecule has 0 saturated carbocycles. The summed E-state index contributed by atoms with van der Waals surface area (Å²) in [6, 6.07) is 10.1. The molecule has 0 spiro atoms. The van der Waals surface area contributed by atoms with Crippen LogP contribution < -0.4 is 0 Å². The van der Waals surface area contributed by atoms with Gasteiger partial charge >= 0.3 is 6.80 Å². The van der Waals surface area contributed by atoms with Gasteiger partial charge in [0.1, 0.15) is 0 Å². The van der Waals surface area contributed by atoms with Gasteiger partial charge in [-0.1, -0.05) is 37.3 Å². The molecule has 1 atom stereocenters. The summed E-state index contributed by atoms with van der Waals surface area (Å²) < 4.78 is 24.1. The topological polar surface area (TPSA) is 35.5 Å². The molecular weight excluding hydrogens is 291 g/mol. The van der Waals surface area contributed by atoms with Crippen molar-refractivity contribution in [3.8, 4) is 0 Å². The van der Waals surface area contributed by atoms with Crippen LogP contribution >= 0.6 is 18.2 Å². The van der Waals surface area contributed by atoms with Crippen LogP contribution in [-0.4, -0.2) is 12.2 Å². The van der Waals surface area contributed by atoms with Crippen LogP contribution in [0.1, 0.15) is 51.9 Å². The predicted molar refractivity (Wildman–Crippen MR) is 87.1 cm³/mol. The molecule has 1 aromatic rings. The van der Waals surface area contributed by atoms with E-state index in [0.717, 1.165) is 12.0 Å². The highest BCUT2D eigenvalue weighted by atomic mass is 32.7. The van der Waals surface area contributed by atoms with Gasteiger partial charge in [0.25, 0.3) is 0 Å². The molecular formula is C15H25O3PS. The quantitative estimate of drug-likeness (QED) is 0.565. The number of hydrogen-bond donors (Lipinski definition) is 0. The lowest BCUT2D eigenvalue weighted by atomic mass is 10.1. The second-order valence-electron chi connectivity index (χ2n) is 5.17. The third-order valence-corrected chi connectivity index (χ3v) is 7.01. The van der Waals surface area contributed by atoms with Gasteiger partial charge in [0.15, 0.2) is 0 Å². The molecule has 1 rings (SSSR count). The highest BCUT2D eigenvalue weighted by Crippen LogP contribution is 2.67. The Kier molecular flexibility index (Phi) is 7.32. The molecule has 5 heteroatoms. The largest absolute Gasteiger partial charge is 0.390 e. The third-order valence-electron chi connectivity index (χ3n) is 2.48. The van der Waals surface area contributed by atoms with Crippen LogP contribution in [0.15, 0.2) is 30.3 Å². The minimum absolute atomic E-state index is 0.111. The van der Waals surface area contributed by atoms with Gasteiger partial charge in [-0.25, -0.2) is 4.57 Å². The molecule has 0 aliphatic heterocycles. The monoisotopic (exact) mass is 316 g/mol. The SMILES string of the molecule is CCC(SP(=O)(OC(C)C)OC(C)C)c1ccccc1. The zero-order valence-corrected chi connectivity index (χ0v) is 14.6. The summed E-state index contributed by atoms with van der Waals surface area (Å²) in [4.78, 5) is 0. The Bertz CT molecular complexity index is 420. The first-order valence-electron chi connectivity index (χ1n) is 7.06. The summed E-state index contributed by atoms with van der Waals surface area (Å²) in [6.07, 6.45) is 0.627. The lowest BCUT2D eigenvalue weighted by molar-refractivity contribution is 0.155. The van der Waals surface area contributed by atoms with Crippen molar-refractivity contribution in [1.29, 1.82) is 0 Å². The van der Waals surface area contributed by atoms with Gasteiger partial charge < -0.3 is 0 Å². The van der Waals surface area contributed by atoms with Crippen molar-refractivity contribution >= 4 is 18.2 Å². The Labute approximate surface area is 126 Å². The molecule has 3 nitrogen and oxygen atoms in total. The summed E-state index contributed by atoms with van der Waals surface area (Å²) in [5, 5.41) is 0.111. The Morgan fingerprint density at radius 2 is 1.55 bits per heavy atom. The van der Waals surface area contributed by atoms with Crippen molar-refractivity contribution in [2.45, 2.75) is 58.5 Å². The fraction of sp³-hybridized carbons (Fsp3) is 0.600. The predicted octanol–water partition coefficient (Wildman–Crippen LogP) is 5.83. The van der Waals surface area contributed by atoms with E-state index in [4.69, 9.17) is 9.05 Å². The van der Waals surface area contributed by atoms with Crippen LogP contribution in [0.25, 0.3) is 0 Å². The van der Waals surface area contributed by atoms with Crippen molar-refractivity contribution < 1.29 is 13.6 Å². The van der Waals surface area contributed by atoms with Gasteiger partial charge in [-0.15, -0.1) is 0 Å².